The van der Waals surface area contributed by atoms with Crippen molar-refractivity contribution in [2.45, 2.75) is 45.8 Å². The molecule has 0 unspecified atom stereocenters. The van der Waals surface area contributed by atoms with Crippen LogP contribution >= 0.6 is 0 Å². The topological polar surface area (TPSA) is 82.4 Å². The van der Waals surface area contributed by atoms with Crippen molar-refractivity contribution in [3.05, 3.63) is 59.2 Å². The maximum absolute atomic E-state index is 12.7. The van der Waals surface area contributed by atoms with Gasteiger partial charge in [-0.3, -0.25) is 15.0 Å². The van der Waals surface area contributed by atoms with Gasteiger partial charge in [0.05, 0.1) is 6.54 Å². The monoisotopic (exact) mass is 411 g/mol. The maximum Gasteiger partial charge on any atom is 0.410 e. The molecule has 1 aromatic carbocycles. The molecule has 1 N–H and O–H groups in total. The number of amides is 2. The Morgan fingerprint density at radius 1 is 1.20 bits per heavy atom. The van der Waals surface area contributed by atoms with Gasteiger partial charge >= 0.3 is 6.09 Å². The molecule has 2 heterocycles. The zero-order valence-corrected chi connectivity index (χ0v) is 17.8. The van der Waals surface area contributed by atoms with Crippen molar-refractivity contribution >= 4 is 17.7 Å². The van der Waals surface area contributed by atoms with Crippen molar-refractivity contribution < 1.29 is 19.5 Å². The second-order valence-electron chi connectivity index (χ2n) is 8.45. The van der Waals surface area contributed by atoms with Crippen molar-refractivity contribution in [2.75, 3.05) is 19.6 Å². The predicted molar refractivity (Wildman–Crippen MR) is 114 cm³/mol. The van der Waals surface area contributed by atoms with Crippen LogP contribution in [0.15, 0.2) is 58.6 Å². The van der Waals surface area contributed by atoms with Gasteiger partial charge in [0.25, 0.3) is 5.91 Å². The molecule has 0 saturated heterocycles. The molecule has 2 aliphatic heterocycles. The lowest BCUT2D eigenvalue weighted by molar-refractivity contribution is -0.159. The molecule has 7 heteroatoms. The van der Waals surface area contributed by atoms with Crippen molar-refractivity contribution in [2.24, 2.45) is 4.99 Å². The lowest BCUT2D eigenvalue weighted by Crippen LogP contribution is -2.40. The predicted octanol–water partition coefficient (Wildman–Crippen LogP) is 3.74. The molecule has 1 aromatic rings. The average molecular weight is 412 g/mol. The summed E-state index contributed by atoms with van der Waals surface area (Å²) in [5.41, 5.74) is 2.48. The number of rotatable bonds is 4. The standard InChI is InChI=1S/C23H29N3O4/c1-23(2,3)30-22(28)25-13-7-10-19(16-25)18-11-12-24-20(14-18)21(27)26(29)15-17-8-5-4-6-9-17/h4-6,8-10,14,29H,7,11-13,15-16H2,1-3H3. The highest BCUT2D eigenvalue weighted by molar-refractivity contribution is 6.43. The van der Waals surface area contributed by atoms with Gasteiger partial charge in [0.1, 0.15) is 11.3 Å². The lowest BCUT2D eigenvalue weighted by atomic mass is 9.95. The van der Waals surface area contributed by atoms with Crippen molar-refractivity contribution in [3.63, 3.8) is 0 Å². The van der Waals surface area contributed by atoms with Crippen LogP contribution in [0.2, 0.25) is 0 Å². The van der Waals surface area contributed by atoms with E-state index in [-0.39, 0.29) is 18.3 Å². The van der Waals surface area contributed by atoms with Crippen LogP contribution in [0.4, 0.5) is 4.79 Å². The van der Waals surface area contributed by atoms with E-state index in [0.717, 1.165) is 23.1 Å². The Labute approximate surface area is 177 Å². The number of dihydropyridines is 1. The van der Waals surface area contributed by atoms with Crippen LogP contribution in [0.1, 0.15) is 39.2 Å². The van der Waals surface area contributed by atoms with Gasteiger partial charge < -0.3 is 9.64 Å². The molecule has 0 spiro atoms. The zero-order valence-electron chi connectivity index (χ0n) is 17.8. The summed E-state index contributed by atoms with van der Waals surface area (Å²) in [5, 5.41) is 10.9. The van der Waals surface area contributed by atoms with Gasteiger partial charge in [-0.1, -0.05) is 36.4 Å². The van der Waals surface area contributed by atoms with E-state index in [9.17, 15) is 14.8 Å². The number of benzene rings is 1. The molecule has 3 rings (SSSR count). The Kier molecular flexibility index (Phi) is 6.72. The van der Waals surface area contributed by atoms with Gasteiger partial charge in [-0.05, 0) is 56.4 Å². The summed E-state index contributed by atoms with van der Waals surface area (Å²) in [4.78, 5) is 31.1. The lowest BCUT2D eigenvalue weighted by Gasteiger charge is -2.31. The van der Waals surface area contributed by atoms with Crippen LogP contribution in [0.25, 0.3) is 0 Å². The Bertz CT molecular complexity index is 881. The van der Waals surface area contributed by atoms with E-state index >= 15 is 0 Å². The first kappa shape index (κ1) is 21.8. The molecule has 30 heavy (non-hydrogen) atoms. The largest absolute Gasteiger partial charge is 0.444 e. The maximum atomic E-state index is 12.7. The van der Waals surface area contributed by atoms with E-state index in [2.05, 4.69) is 11.1 Å². The number of aliphatic imine (C=N–C) groups is 1. The summed E-state index contributed by atoms with van der Waals surface area (Å²) < 4.78 is 5.48. The molecule has 0 aliphatic carbocycles. The minimum atomic E-state index is -0.544. The SMILES string of the molecule is CC(C)(C)OC(=O)N1CCC=C(C2=CC(C(=O)N(O)Cc3ccccc3)=NCC2)C1. The average Bonchev–Trinajstić information content (AvgIpc) is 2.73. The third-order valence-electron chi connectivity index (χ3n) is 4.82. The van der Waals surface area contributed by atoms with Crippen LogP contribution in [0, 0.1) is 0 Å². The molecule has 0 saturated carbocycles. The molecule has 0 atom stereocenters. The normalized spacial score (nSPS) is 16.9. The third-order valence-corrected chi connectivity index (χ3v) is 4.82. The zero-order chi connectivity index (χ0) is 21.7. The van der Waals surface area contributed by atoms with Crippen molar-refractivity contribution in [1.29, 1.82) is 0 Å². The van der Waals surface area contributed by atoms with Crippen LogP contribution in [0.5, 0.6) is 0 Å². The van der Waals surface area contributed by atoms with E-state index < -0.39 is 11.5 Å². The van der Waals surface area contributed by atoms with E-state index in [1.165, 1.54) is 0 Å². The molecule has 0 bridgehead atoms. The van der Waals surface area contributed by atoms with Gasteiger partial charge in [-0.2, -0.15) is 0 Å². The van der Waals surface area contributed by atoms with Crippen LogP contribution in [-0.2, 0) is 16.1 Å². The van der Waals surface area contributed by atoms with Crippen LogP contribution in [-0.4, -0.2) is 58.1 Å². The molecular weight excluding hydrogens is 382 g/mol. The first-order valence-electron chi connectivity index (χ1n) is 10.2. The number of carbonyl (C=O) groups excluding carboxylic acids is 2. The van der Waals surface area contributed by atoms with Gasteiger partial charge in [0.2, 0.25) is 0 Å². The first-order chi connectivity index (χ1) is 14.2. The Morgan fingerprint density at radius 3 is 2.63 bits per heavy atom. The molecule has 0 aromatic heterocycles. The molecule has 2 aliphatic rings. The number of ether oxygens (including phenoxy) is 1. The van der Waals surface area contributed by atoms with Gasteiger partial charge in [0.15, 0.2) is 0 Å². The summed E-state index contributed by atoms with van der Waals surface area (Å²) >= 11 is 0. The van der Waals surface area contributed by atoms with E-state index in [0.29, 0.717) is 31.1 Å². The Hall–Kier alpha value is -2.93. The minimum absolute atomic E-state index is 0.0942. The number of hydrogen-bond acceptors (Lipinski definition) is 5. The Morgan fingerprint density at radius 2 is 1.93 bits per heavy atom. The van der Waals surface area contributed by atoms with E-state index in [1.807, 2.05) is 51.1 Å². The van der Waals surface area contributed by atoms with Gasteiger partial charge in [-0.25, -0.2) is 9.86 Å². The number of carbonyl (C=O) groups is 2. The summed E-state index contributed by atoms with van der Waals surface area (Å²) in [6.45, 7) is 7.15. The fourth-order valence-corrected chi connectivity index (χ4v) is 3.38. The fourth-order valence-electron chi connectivity index (χ4n) is 3.38. The molecule has 160 valence electrons. The summed E-state index contributed by atoms with van der Waals surface area (Å²) in [6, 6.07) is 9.29. The summed E-state index contributed by atoms with van der Waals surface area (Å²) in [6.07, 6.45) is 4.91. The quantitative estimate of drug-likeness (QED) is 0.604. The number of nitrogens with zero attached hydrogens (tertiary/aromatic N) is 3. The van der Waals surface area contributed by atoms with Crippen molar-refractivity contribution in [3.8, 4) is 0 Å². The highest BCUT2D eigenvalue weighted by atomic mass is 16.6. The first-order valence-corrected chi connectivity index (χ1v) is 10.2. The van der Waals surface area contributed by atoms with Gasteiger partial charge in [-0.15, -0.1) is 0 Å². The summed E-state index contributed by atoms with van der Waals surface area (Å²) in [5.74, 6) is -0.531. The molecule has 7 nitrogen and oxygen atoms in total. The van der Waals surface area contributed by atoms with Gasteiger partial charge in [0, 0.05) is 19.6 Å². The number of hydrogen-bond donors (Lipinski definition) is 1. The smallest absolute Gasteiger partial charge is 0.410 e. The Balaban J connectivity index is 1.67. The van der Waals surface area contributed by atoms with Crippen molar-refractivity contribution in [1.82, 2.24) is 9.96 Å². The highest BCUT2D eigenvalue weighted by Gasteiger charge is 2.27. The van der Waals surface area contributed by atoms with Crippen LogP contribution < -0.4 is 0 Å². The molecule has 0 fully saturated rings. The van der Waals surface area contributed by atoms with E-state index in [1.54, 1.807) is 11.0 Å². The highest BCUT2D eigenvalue weighted by Crippen LogP contribution is 2.24. The van der Waals surface area contributed by atoms with E-state index in [4.69, 9.17) is 4.74 Å². The summed E-state index contributed by atoms with van der Waals surface area (Å²) in [7, 11) is 0. The molecule has 2 amide bonds. The molecular formula is C23H29N3O4. The number of hydroxylamine groups is 2. The third kappa shape index (κ3) is 5.79. The minimum Gasteiger partial charge on any atom is -0.444 e. The van der Waals surface area contributed by atoms with Crippen LogP contribution in [0.3, 0.4) is 0 Å². The fraction of sp³-hybridized carbons (Fsp3) is 0.435. The second kappa shape index (κ2) is 9.26. The second-order valence-corrected chi connectivity index (χ2v) is 8.45. The molecule has 0 radical (unpaired) electrons.